The second-order valence-corrected chi connectivity index (χ2v) is 4.29. The van der Waals surface area contributed by atoms with Gasteiger partial charge in [-0.2, -0.15) is 8.78 Å². The van der Waals surface area contributed by atoms with Gasteiger partial charge in [-0.3, -0.25) is 0 Å². The SMILES string of the molecule is FC(F)(COC1CCCC1)c1ccccc1. The summed E-state index contributed by atoms with van der Waals surface area (Å²) in [6.45, 7) is -0.498. The molecule has 0 amide bonds. The molecule has 88 valence electrons. The van der Waals surface area contributed by atoms with Gasteiger partial charge in [0.1, 0.15) is 6.61 Å². The molecule has 0 radical (unpaired) electrons. The monoisotopic (exact) mass is 226 g/mol. The van der Waals surface area contributed by atoms with Crippen LogP contribution in [-0.2, 0) is 10.7 Å². The Kier molecular flexibility index (Phi) is 3.54. The summed E-state index contributed by atoms with van der Waals surface area (Å²) in [6, 6.07) is 7.87. The number of alkyl halides is 2. The largest absolute Gasteiger partial charge is 0.372 e. The van der Waals surface area contributed by atoms with Crippen molar-refractivity contribution in [1.82, 2.24) is 0 Å². The van der Waals surface area contributed by atoms with E-state index in [1.54, 1.807) is 18.2 Å². The van der Waals surface area contributed by atoms with Crippen LogP contribution >= 0.6 is 0 Å². The summed E-state index contributed by atoms with van der Waals surface area (Å²) in [5.41, 5.74) is 0.0352. The molecule has 0 atom stereocenters. The molecule has 0 bridgehead atoms. The van der Waals surface area contributed by atoms with E-state index in [0.717, 1.165) is 25.7 Å². The van der Waals surface area contributed by atoms with Crippen molar-refractivity contribution in [2.24, 2.45) is 0 Å². The van der Waals surface area contributed by atoms with Crippen LogP contribution in [0.4, 0.5) is 8.78 Å². The van der Waals surface area contributed by atoms with Gasteiger partial charge in [-0.25, -0.2) is 0 Å². The van der Waals surface area contributed by atoms with Crippen LogP contribution in [0.15, 0.2) is 30.3 Å². The standard InChI is InChI=1S/C13H16F2O/c14-13(15,11-6-2-1-3-7-11)10-16-12-8-4-5-9-12/h1-3,6-7,12H,4-5,8-10H2. The second kappa shape index (κ2) is 4.91. The van der Waals surface area contributed by atoms with Gasteiger partial charge in [-0.1, -0.05) is 43.2 Å². The molecule has 0 aromatic heterocycles. The third-order valence-electron chi connectivity index (χ3n) is 3.00. The average Bonchev–Trinajstić information content (AvgIpc) is 2.81. The zero-order valence-electron chi connectivity index (χ0n) is 9.16. The fourth-order valence-corrected chi connectivity index (χ4v) is 2.04. The number of halogens is 2. The van der Waals surface area contributed by atoms with Gasteiger partial charge < -0.3 is 4.74 Å². The van der Waals surface area contributed by atoms with Gasteiger partial charge in [0.25, 0.3) is 5.92 Å². The summed E-state index contributed by atoms with van der Waals surface area (Å²) in [7, 11) is 0. The Morgan fingerprint density at radius 2 is 1.75 bits per heavy atom. The molecule has 0 unspecified atom stereocenters. The molecule has 0 saturated heterocycles. The number of hydrogen-bond acceptors (Lipinski definition) is 1. The van der Waals surface area contributed by atoms with E-state index in [4.69, 9.17) is 4.74 Å². The molecule has 16 heavy (non-hydrogen) atoms. The topological polar surface area (TPSA) is 9.23 Å². The van der Waals surface area contributed by atoms with Crippen LogP contribution in [0.25, 0.3) is 0 Å². The van der Waals surface area contributed by atoms with Crippen molar-refractivity contribution in [1.29, 1.82) is 0 Å². The number of rotatable bonds is 4. The predicted molar refractivity (Wildman–Crippen MR) is 58.5 cm³/mol. The molecule has 0 aliphatic heterocycles. The highest BCUT2D eigenvalue weighted by Crippen LogP contribution is 2.30. The molecular formula is C13H16F2O. The van der Waals surface area contributed by atoms with Crippen LogP contribution in [-0.4, -0.2) is 12.7 Å². The third-order valence-corrected chi connectivity index (χ3v) is 3.00. The van der Waals surface area contributed by atoms with Gasteiger partial charge in [0.15, 0.2) is 0 Å². The van der Waals surface area contributed by atoms with E-state index in [0.29, 0.717) is 0 Å². The lowest BCUT2D eigenvalue weighted by Crippen LogP contribution is -2.24. The highest BCUT2D eigenvalue weighted by molar-refractivity contribution is 5.19. The van der Waals surface area contributed by atoms with Crippen LogP contribution in [0.1, 0.15) is 31.2 Å². The zero-order chi connectivity index (χ0) is 11.4. The number of benzene rings is 1. The van der Waals surface area contributed by atoms with Crippen LogP contribution in [0.2, 0.25) is 0 Å². The Hall–Kier alpha value is -0.960. The molecule has 1 fully saturated rings. The lowest BCUT2D eigenvalue weighted by molar-refractivity contribution is -0.103. The lowest BCUT2D eigenvalue weighted by Gasteiger charge is -2.19. The summed E-state index contributed by atoms with van der Waals surface area (Å²) >= 11 is 0. The highest BCUT2D eigenvalue weighted by Gasteiger charge is 2.33. The normalized spacial score (nSPS) is 17.9. The maximum absolute atomic E-state index is 13.7. The fraction of sp³-hybridized carbons (Fsp3) is 0.538. The highest BCUT2D eigenvalue weighted by atomic mass is 19.3. The van der Waals surface area contributed by atoms with E-state index in [1.165, 1.54) is 12.1 Å². The van der Waals surface area contributed by atoms with E-state index < -0.39 is 12.5 Å². The molecule has 1 nitrogen and oxygen atoms in total. The Bertz CT molecular complexity index is 318. The minimum atomic E-state index is -2.87. The molecule has 1 aromatic carbocycles. The quantitative estimate of drug-likeness (QED) is 0.760. The molecule has 0 heterocycles. The van der Waals surface area contributed by atoms with Gasteiger partial charge in [-0.15, -0.1) is 0 Å². The zero-order valence-corrected chi connectivity index (χ0v) is 9.16. The molecule has 2 rings (SSSR count). The van der Waals surface area contributed by atoms with Crippen molar-refractivity contribution in [2.75, 3.05) is 6.61 Å². The van der Waals surface area contributed by atoms with Crippen molar-refractivity contribution in [3.63, 3.8) is 0 Å². The Labute approximate surface area is 94.4 Å². The predicted octanol–water partition coefficient (Wildman–Crippen LogP) is 3.74. The first-order chi connectivity index (χ1) is 7.68. The minimum Gasteiger partial charge on any atom is -0.372 e. The van der Waals surface area contributed by atoms with Gasteiger partial charge in [-0.05, 0) is 12.8 Å². The molecule has 1 aliphatic rings. The van der Waals surface area contributed by atoms with E-state index in [-0.39, 0.29) is 11.7 Å². The van der Waals surface area contributed by atoms with E-state index >= 15 is 0 Å². The number of ether oxygens (including phenoxy) is 1. The maximum atomic E-state index is 13.7. The summed E-state index contributed by atoms with van der Waals surface area (Å²) in [6.07, 6.45) is 4.08. The van der Waals surface area contributed by atoms with Crippen LogP contribution < -0.4 is 0 Å². The summed E-state index contributed by atoms with van der Waals surface area (Å²) in [5.74, 6) is -2.87. The third kappa shape index (κ3) is 2.79. The maximum Gasteiger partial charge on any atom is 0.296 e. The van der Waals surface area contributed by atoms with E-state index in [9.17, 15) is 8.78 Å². The first kappa shape index (κ1) is 11.5. The smallest absolute Gasteiger partial charge is 0.296 e. The first-order valence-electron chi connectivity index (χ1n) is 5.73. The fourth-order valence-electron chi connectivity index (χ4n) is 2.04. The molecule has 0 spiro atoms. The van der Waals surface area contributed by atoms with Crippen LogP contribution in [0.3, 0.4) is 0 Å². The van der Waals surface area contributed by atoms with Crippen molar-refractivity contribution in [3.05, 3.63) is 35.9 Å². The van der Waals surface area contributed by atoms with Crippen molar-refractivity contribution < 1.29 is 13.5 Å². The van der Waals surface area contributed by atoms with Gasteiger partial charge in [0.05, 0.1) is 6.10 Å². The number of hydrogen-bond donors (Lipinski definition) is 0. The van der Waals surface area contributed by atoms with Crippen LogP contribution in [0.5, 0.6) is 0 Å². The van der Waals surface area contributed by atoms with Gasteiger partial charge >= 0.3 is 0 Å². The van der Waals surface area contributed by atoms with Crippen molar-refractivity contribution >= 4 is 0 Å². The average molecular weight is 226 g/mol. The van der Waals surface area contributed by atoms with Gasteiger partial charge in [0, 0.05) is 5.56 Å². The van der Waals surface area contributed by atoms with Gasteiger partial charge in [0.2, 0.25) is 0 Å². The van der Waals surface area contributed by atoms with Crippen molar-refractivity contribution in [2.45, 2.75) is 37.7 Å². The van der Waals surface area contributed by atoms with Crippen molar-refractivity contribution in [3.8, 4) is 0 Å². The Balaban J connectivity index is 1.92. The molecule has 1 aromatic rings. The molecule has 0 N–H and O–H groups in total. The molecule has 1 saturated carbocycles. The lowest BCUT2D eigenvalue weighted by atomic mass is 10.1. The van der Waals surface area contributed by atoms with E-state index in [2.05, 4.69) is 0 Å². The van der Waals surface area contributed by atoms with Crippen LogP contribution in [0, 0.1) is 0 Å². The Morgan fingerprint density at radius 3 is 2.38 bits per heavy atom. The molecular weight excluding hydrogens is 210 g/mol. The minimum absolute atomic E-state index is 0.0352. The summed E-state index contributed by atoms with van der Waals surface area (Å²) < 4.78 is 32.6. The summed E-state index contributed by atoms with van der Waals surface area (Å²) in [4.78, 5) is 0. The summed E-state index contributed by atoms with van der Waals surface area (Å²) in [5, 5.41) is 0. The molecule has 3 heteroatoms. The molecule has 1 aliphatic carbocycles. The second-order valence-electron chi connectivity index (χ2n) is 4.29. The Morgan fingerprint density at radius 1 is 1.12 bits per heavy atom. The van der Waals surface area contributed by atoms with E-state index in [1.807, 2.05) is 0 Å². The first-order valence-corrected chi connectivity index (χ1v) is 5.73.